The molecule has 0 radical (unpaired) electrons. The first-order valence-electron chi connectivity index (χ1n) is 13.7. The molecule has 0 aliphatic carbocycles. The third kappa shape index (κ3) is 5.25. The highest BCUT2D eigenvalue weighted by Gasteiger charge is 2.31. The molecular weight excluding hydrogens is 482 g/mol. The average molecular weight is 518 g/mol. The molecule has 198 valence electrons. The molecule has 5 nitrogen and oxygen atoms in total. The predicted molar refractivity (Wildman–Crippen MR) is 156 cm³/mol. The van der Waals surface area contributed by atoms with Crippen molar-refractivity contribution in [3.63, 3.8) is 0 Å². The van der Waals surface area contributed by atoms with Gasteiger partial charge < -0.3 is 4.74 Å². The van der Waals surface area contributed by atoms with Gasteiger partial charge in [-0.15, -0.1) is 0 Å². The van der Waals surface area contributed by atoms with Gasteiger partial charge in [0.15, 0.2) is 0 Å². The maximum atomic E-state index is 14.1. The summed E-state index contributed by atoms with van der Waals surface area (Å²) < 4.78 is 7.98. The van der Waals surface area contributed by atoms with Crippen molar-refractivity contribution in [3.8, 4) is 28.6 Å². The molecular formula is C34H35N3O2. The Bertz CT molecular complexity index is 1620. The van der Waals surface area contributed by atoms with E-state index in [9.17, 15) is 10.1 Å². The van der Waals surface area contributed by atoms with Crippen LogP contribution in [-0.4, -0.2) is 15.2 Å². The Labute approximate surface area is 230 Å². The number of nitriles is 1. The van der Waals surface area contributed by atoms with Crippen LogP contribution in [0.4, 0.5) is 0 Å². The van der Waals surface area contributed by atoms with Crippen LogP contribution in [0.1, 0.15) is 80.2 Å². The second-order valence-electron chi connectivity index (χ2n) is 11.2. The summed E-state index contributed by atoms with van der Waals surface area (Å²) in [4.78, 5) is 19.0. The third-order valence-corrected chi connectivity index (χ3v) is 7.58. The molecule has 2 heterocycles. The van der Waals surface area contributed by atoms with Crippen molar-refractivity contribution in [2.24, 2.45) is 0 Å². The van der Waals surface area contributed by atoms with Crippen molar-refractivity contribution in [2.75, 3.05) is 0 Å². The molecule has 5 heteroatoms. The summed E-state index contributed by atoms with van der Waals surface area (Å²) in [6, 6.07) is 24.1. The van der Waals surface area contributed by atoms with E-state index in [0.717, 1.165) is 64.2 Å². The molecule has 1 aliphatic rings. The van der Waals surface area contributed by atoms with Crippen LogP contribution in [0.3, 0.4) is 0 Å². The summed E-state index contributed by atoms with van der Waals surface area (Å²) in [5, 5.41) is 9.49. The van der Waals surface area contributed by atoms with Gasteiger partial charge in [-0.05, 0) is 86.1 Å². The van der Waals surface area contributed by atoms with Crippen LogP contribution in [0.5, 0.6) is 5.75 Å². The van der Waals surface area contributed by atoms with Crippen molar-refractivity contribution in [1.29, 1.82) is 5.26 Å². The van der Waals surface area contributed by atoms with Crippen LogP contribution in [0.25, 0.3) is 16.8 Å². The van der Waals surface area contributed by atoms with E-state index in [1.54, 1.807) is 4.57 Å². The van der Waals surface area contributed by atoms with E-state index in [4.69, 9.17) is 9.72 Å². The lowest BCUT2D eigenvalue weighted by Crippen LogP contribution is -2.34. The number of ether oxygens (including phenoxy) is 1. The molecule has 0 saturated heterocycles. The molecule has 0 fully saturated rings. The molecule has 0 saturated carbocycles. The van der Waals surface area contributed by atoms with E-state index in [1.165, 1.54) is 0 Å². The second kappa shape index (κ2) is 10.5. The molecule has 0 N–H and O–H groups in total. The van der Waals surface area contributed by atoms with Crippen LogP contribution in [0.2, 0.25) is 0 Å². The van der Waals surface area contributed by atoms with E-state index in [0.29, 0.717) is 23.7 Å². The van der Waals surface area contributed by atoms with E-state index in [2.05, 4.69) is 39.8 Å². The quantitative estimate of drug-likeness (QED) is 0.269. The summed E-state index contributed by atoms with van der Waals surface area (Å²) >= 11 is 0. The maximum absolute atomic E-state index is 14.1. The molecule has 5 rings (SSSR count). The van der Waals surface area contributed by atoms with Gasteiger partial charge >= 0.3 is 0 Å². The maximum Gasteiger partial charge on any atom is 0.261 e. The van der Waals surface area contributed by atoms with Gasteiger partial charge in [0.2, 0.25) is 0 Å². The molecule has 4 aromatic rings. The molecule has 1 atom stereocenters. The molecule has 39 heavy (non-hydrogen) atoms. The highest BCUT2D eigenvalue weighted by Crippen LogP contribution is 2.41. The summed E-state index contributed by atoms with van der Waals surface area (Å²) in [7, 11) is 0. The van der Waals surface area contributed by atoms with Crippen LogP contribution in [0, 0.1) is 18.3 Å². The number of hydrogen-bond acceptors (Lipinski definition) is 4. The van der Waals surface area contributed by atoms with E-state index >= 15 is 0 Å². The summed E-state index contributed by atoms with van der Waals surface area (Å²) in [6.45, 7) is 10.5. The normalized spacial score (nSPS) is 15.7. The van der Waals surface area contributed by atoms with Gasteiger partial charge in [-0.1, -0.05) is 62.7 Å². The Morgan fingerprint density at radius 1 is 1.10 bits per heavy atom. The monoisotopic (exact) mass is 517 g/mol. The van der Waals surface area contributed by atoms with Gasteiger partial charge in [-0.3, -0.25) is 9.36 Å². The zero-order chi connectivity index (χ0) is 27.7. The van der Waals surface area contributed by atoms with E-state index in [1.807, 2.05) is 67.6 Å². The topological polar surface area (TPSA) is 67.9 Å². The minimum atomic E-state index is -0.205. The molecule has 0 spiro atoms. The van der Waals surface area contributed by atoms with Gasteiger partial charge in [0, 0.05) is 12.0 Å². The standard InChI is InChI=1S/C34H35N3O2/c1-6-9-31-30(18-24-12-14-25(15-13-24)28-11-8-7-10-26(28)21-35)33(38)37(23(3)36-31)27-16-17-32-29(19-27)22(2)20-34(4,5)39-32/h7-8,10-17,19,22H,6,9,18,20H2,1-5H3. The molecule has 1 aliphatic heterocycles. The van der Waals surface area contributed by atoms with Gasteiger partial charge in [0.05, 0.1) is 23.0 Å². The minimum Gasteiger partial charge on any atom is -0.488 e. The smallest absolute Gasteiger partial charge is 0.261 e. The molecule has 1 aromatic heterocycles. The van der Waals surface area contributed by atoms with Crippen molar-refractivity contribution in [3.05, 3.63) is 111 Å². The third-order valence-electron chi connectivity index (χ3n) is 7.58. The second-order valence-corrected chi connectivity index (χ2v) is 11.2. The van der Waals surface area contributed by atoms with Crippen LogP contribution in [0.15, 0.2) is 71.5 Å². The van der Waals surface area contributed by atoms with E-state index < -0.39 is 0 Å². The van der Waals surface area contributed by atoms with Gasteiger partial charge in [0.1, 0.15) is 17.2 Å². The number of aromatic nitrogens is 2. The number of benzene rings is 3. The zero-order valence-corrected chi connectivity index (χ0v) is 23.4. The Morgan fingerprint density at radius 2 is 1.85 bits per heavy atom. The Kier molecular flexibility index (Phi) is 7.14. The van der Waals surface area contributed by atoms with Crippen molar-refractivity contribution in [1.82, 2.24) is 9.55 Å². The van der Waals surface area contributed by atoms with Crippen molar-refractivity contribution < 1.29 is 4.74 Å². The van der Waals surface area contributed by atoms with E-state index in [-0.39, 0.29) is 11.2 Å². The van der Waals surface area contributed by atoms with Gasteiger partial charge in [-0.2, -0.15) is 5.26 Å². The predicted octanol–water partition coefficient (Wildman–Crippen LogP) is 7.29. The first kappa shape index (κ1) is 26.4. The molecule has 0 amide bonds. The first-order chi connectivity index (χ1) is 18.7. The Balaban J connectivity index is 1.54. The largest absolute Gasteiger partial charge is 0.488 e. The number of nitrogens with zero attached hydrogens (tertiary/aromatic N) is 3. The lowest BCUT2D eigenvalue weighted by atomic mass is 9.85. The molecule has 1 unspecified atom stereocenters. The fraction of sp³-hybridized carbons (Fsp3) is 0.324. The fourth-order valence-corrected chi connectivity index (χ4v) is 5.82. The number of aryl methyl sites for hydroxylation is 2. The lowest BCUT2D eigenvalue weighted by molar-refractivity contribution is 0.0746. The SMILES string of the molecule is CCCc1nc(C)n(-c2ccc3c(c2)C(C)CC(C)(C)O3)c(=O)c1Cc1ccc(-c2ccccc2C#N)cc1. The van der Waals surface area contributed by atoms with Crippen LogP contribution in [-0.2, 0) is 12.8 Å². The minimum absolute atomic E-state index is 0.0190. The number of hydrogen-bond donors (Lipinski definition) is 0. The zero-order valence-electron chi connectivity index (χ0n) is 23.4. The highest BCUT2D eigenvalue weighted by atomic mass is 16.5. The Morgan fingerprint density at radius 3 is 2.56 bits per heavy atom. The Hall–Kier alpha value is -4.17. The lowest BCUT2D eigenvalue weighted by Gasteiger charge is -2.36. The van der Waals surface area contributed by atoms with Crippen LogP contribution < -0.4 is 10.3 Å². The fourth-order valence-electron chi connectivity index (χ4n) is 5.82. The van der Waals surface area contributed by atoms with Gasteiger partial charge in [-0.25, -0.2) is 4.98 Å². The number of fused-ring (bicyclic) bond motifs is 1. The van der Waals surface area contributed by atoms with Crippen molar-refractivity contribution in [2.45, 2.75) is 71.8 Å². The highest BCUT2D eigenvalue weighted by molar-refractivity contribution is 5.70. The average Bonchev–Trinajstić information content (AvgIpc) is 2.91. The number of rotatable bonds is 6. The van der Waals surface area contributed by atoms with Crippen LogP contribution >= 0.6 is 0 Å². The summed E-state index contributed by atoms with van der Waals surface area (Å²) in [5.74, 6) is 1.92. The summed E-state index contributed by atoms with van der Waals surface area (Å²) in [5.41, 5.74) is 6.91. The molecule has 3 aromatic carbocycles. The van der Waals surface area contributed by atoms with Gasteiger partial charge in [0.25, 0.3) is 5.56 Å². The molecule has 0 bridgehead atoms. The first-order valence-corrected chi connectivity index (χ1v) is 13.7. The van der Waals surface area contributed by atoms with Crippen molar-refractivity contribution >= 4 is 0 Å². The summed E-state index contributed by atoms with van der Waals surface area (Å²) in [6.07, 6.45) is 3.09.